The van der Waals surface area contributed by atoms with Crippen LogP contribution in [0.4, 0.5) is 4.39 Å². The van der Waals surface area contributed by atoms with E-state index in [0.29, 0.717) is 0 Å². The van der Waals surface area contributed by atoms with Gasteiger partial charge in [0.15, 0.2) is 0 Å². The minimum Gasteiger partial charge on any atom is -0.383 e. The lowest BCUT2D eigenvalue weighted by Crippen LogP contribution is -2.45. The number of aliphatic hydroxyl groups is 1. The standard InChI is InChI=1S/C14H18FNO/c15-12-5-3-4-11(10-12)14(17)7-9-16-8-2-1-6-13(14)16/h3-5,10,13,17H,1-2,6-9H2. The lowest BCUT2D eigenvalue weighted by Gasteiger charge is -2.37. The number of hydrogen-bond acceptors (Lipinski definition) is 2. The lowest BCUT2D eigenvalue weighted by atomic mass is 9.83. The van der Waals surface area contributed by atoms with E-state index in [0.717, 1.165) is 31.5 Å². The highest BCUT2D eigenvalue weighted by atomic mass is 19.1. The van der Waals surface area contributed by atoms with E-state index in [1.807, 2.05) is 6.07 Å². The van der Waals surface area contributed by atoms with Crippen LogP contribution < -0.4 is 0 Å². The predicted octanol–water partition coefficient (Wildman–Crippen LogP) is 2.27. The normalized spacial score (nSPS) is 33.6. The Morgan fingerprint density at radius 2 is 2.18 bits per heavy atom. The van der Waals surface area contributed by atoms with Gasteiger partial charge < -0.3 is 5.11 Å². The van der Waals surface area contributed by atoms with Crippen molar-refractivity contribution in [3.05, 3.63) is 35.6 Å². The average Bonchev–Trinajstić information content (AvgIpc) is 2.69. The molecule has 1 aromatic carbocycles. The number of fused-ring (bicyclic) bond motifs is 1. The quantitative estimate of drug-likeness (QED) is 0.807. The molecule has 2 aliphatic rings. The van der Waals surface area contributed by atoms with Crippen molar-refractivity contribution in [3.63, 3.8) is 0 Å². The fraction of sp³-hybridized carbons (Fsp3) is 0.571. The molecule has 3 rings (SSSR count). The average molecular weight is 235 g/mol. The first-order valence-corrected chi connectivity index (χ1v) is 6.43. The molecule has 92 valence electrons. The lowest BCUT2D eigenvalue weighted by molar-refractivity contribution is -0.0140. The zero-order valence-electron chi connectivity index (χ0n) is 9.90. The summed E-state index contributed by atoms with van der Waals surface area (Å²) in [5, 5.41) is 10.9. The summed E-state index contributed by atoms with van der Waals surface area (Å²) in [7, 11) is 0. The van der Waals surface area contributed by atoms with E-state index < -0.39 is 5.60 Å². The van der Waals surface area contributed by atoms with Crippen molar-refractivity contribution in [2.24, 2.45) is 0 Å². The van der Waals surface area contributed by atoms with Gasteiger partial charge in [0.25, 0.3) is 0 Å². The third-order valence-electron chi connectivity index (χ3n) is 4.27. The monoisotopic (exact) mass is 235 g/mol. The third kappa shape index (κ3) is 1.78. The highest BCUT2D eigenvalue weighted by Crippen LogP contribution is 2.42. The van der Waals surface area contributed by atoms with Crippen molar-refractivity contribution in [1.29, 1.82) is 0 Å². The fourth-order valence-corrected chi connectivity index (χ4v) is 3.37. The summed E-state index contributed by atoms with van der Waals surface area (Å²) in [5.41, 5.74) is -0.102. The Balaban J connectivity index is 1.95. The van der Waals surface area contributed by atoms with E-state index in [-0.39, 0.29) is 11.9 Å². The van der Waals surface area contributed by atoms with E-state index in [1.165, 1.54) is 25.0 Å². The van der Waals surface area contributed by atoms with Gasteiger partial charge in [0.2, 0.25) is 0 Å². The Bertz CT molecular complexity index is 422. The first-order valence-electron chi connectivity index (χ1n) is 6.43. The van der Waals surface area contributed by atoms with Crippen LogP contribution in [0.1, 0.15) is 31.2 Å². The molecule has 2 aliphatic heterocycles. The summed E-state index contributed by atoms with van der Waals surface area (Å²) < 4.78 is 13.3. The van der Waals surface area contributed by atoms with Crippen molar-refractivity contribution in [2.75, 3.05) is 13.1 Å². The van der Waals surface area contributed by atoms with Crippen LogP contribution in [-0.4, -0.2) is 29.1 Å². The van der Waals surface area contributed by atoms with Gasteiger partial charge in [-0.2, -0.15) is 0 Å². The van der Waals surface area contributed by atoms with E-state index in [1.54, 1.807) is 6.07 Å². The minimum absolute atomic E-state index is 0.179. The minimum atomic E-state index is -0.845. The Hall–Kier alpha value is -0.930. The van der Waals surface area contributed by atoms with Crippen LogP contribution in [0.3, 0.4) is 0 Å². The molecule has 3 heteroatoms. The van der Waals surface area contributed by atoms with Gasteiger partial charge in [0, 0.05) is 12.6 Å². The molecule has 0 saturated carbocycles. The number of hydrogen-bond donors (Lipinski definition) is 1. The van der Waals surface area contributed by atoms with Crippen molar-refractivity contribution < 1.29 is 9.50 Å². The molecule has 0 amide bonds. The second-order valence-corrected chi connectivity index (χ2v) is 5.23. The van der Waals surface area contributed by atoms with Crippen molar-refractivity contribution >= 4 is 0 Å². The summed E-state index contributed by atoms with van der Waals surface area (Å²) >= 11 is 0. The molecule has 0 aliphatic carbocycles. The van der Waals surface area contributed by atoms with E-state index in [4.69, 9.17) is 0 Å². The molecule has 1 aromatic rings. The van der Waals surface area contributed by atoms with Gasteiger partial charge in [0.1, 0.15) is 11.4 Å². The van der Waals surface area contributed by atoms with Gasteiger partial charge in [-0.25, -0.2) is 4.39 Å². The number of nitrogens with zero attached hydrogens (tertiary/aromatic N) is 1. The van der Waals surface area contributed by atoms with Gasteiger partial charge in [-0.3, -0.25) is 4.90 Å². The third-order valence-corrected chi connectivity index (χ3v) is 4.27. The number of rotatable bonds is 1. The predicted molar refractivity (Wildman–Crippen MR) is 64.1 cm³/mol. The van der Waals surface area contributed by atoms with E-state index >= 15 is 0 Å². The Morgan fingerprint density at radius 1 is 1.29 bits per heavy atom. The molecular formula is C14H18FNO. The fourth-order valence-electron chi connectivity index (χ4n) is 3.37. The highest BCUT2D eigenvalue weighted by Gasteiger charge is 2.47. The molecule has 2 saturated heterocycles. The SMILES string of the molecule is OC1(c2cccc(F)c2)CCN2CCCCC21. The van der Waals surface area contributed by atoms with Gasteiger partial charge in [-0.15, -0.1) is 0 Å². The van der Waals surface area contributed by atoms with Crippen LogP contribution in [0.25, 0.3) is 0 Å². The maximum absolute atomic E-state index is 13.3. The second-order valence-electron chi connectivity index (χ2n) is 5.23. The maximum Gasteiger partial charge on any atom is 0.123 e. The van der Waals surface area contributed by atoms with Crippen molar-refractivity contribution in [1.82, 2.24) is 4.90 Å². The van der Waals surface area contributed by atoms with Crippen LogP contribution in [0.2, 0.25) is 0 Å². The van der Waals surface area contributed by atoms with Crippen LogP contribution in [0.15, 0.2) is 24.3 Å². The molecule has 0 radical (unpaired) electrons. The first kappa shape index (κ1) is 11.2. The summed E-state index contributed by atoms with van der Waals surface area (Å²) in [6, 6.07) is 6.63. The molecule has 2 nitrogen and oxygen atoms in total. The van der Waals surface area contributed by atoms with Crippen molar-refractivity contribution in [3.8, 4) is 0 Å². The molecule has 2 heterocycles. The Labute approximate surface area is 101 Å². The maximum atomic E-state index is 13.3. The Kier molecular flexibility index (Phi) is 2.68. The molecule has 2 atom stereocenters. The zero-order chi connectivity index (χ0) is 11.9. The zero-order valence-corrected chi connectivity index (χ0v) is 9.90. The number of halogens is 1. The van der Waals surface area contributed by atoms with Crippen LogP contribution in [0.5, 0.6) is 0 Å². The second kappa shape index (κ2) is 4.07. The van der Waals surface area contributed by atoms with Crippen LogP contribution in [0, 0.1) is 5.82 Å². The molecule has 0 aromatic heterocycles. The summed E-state index contributed by atoms with van der Waals surface area (Å²) in [4.78, 5) is 2.36. The summed E-state index contributed by atoms with van der Waals surface area (Å²) in [5.74, 6) is -0.259. The van der Waals surface area contributed by atoms with Crippen LogP contribution in [-0.2, 0) is 5.60 Å². The molecule has 0 spiro atoms. The van der Waals surface area contributed by atoms with Gasteiger partial charge >= 0.3 is 0 Å². The van der Waals surface area contributed by atoms with Gasteiger partial charge in [-0.1, -0.05) is 18.6 Å². The first-order chi connectivity index (χ1) is 8.20. The summed E-state index contributed by atoms with van der Waals surface area (Å²) in [6.45, 7) is 2.00. The van der Waals surface area contributed by atoms with Crippen LogP contribution >= 0.6 is 0 Å². The topological polar surface area (TPSA) is 23.5 Å². The molecule has 1 N–H and O–H groups in total. The molecule has 17 heavy (non-hydrogen) atoms. The summed E-state index contributed by atoms with van der Waals surface area (Å²) in [6.07, 6.45) is 4.13. The van der Waals surface area contributed by atoms with E-state index in [9.17, 15) is 9.50 Å². The number of benzene rings is 1. The largest absolute Gasteiger partial charge is 0.383 e. The van der Waals surface area contributed by atoms with Crippen molar-refractivity contribution in [2.45, 2.75) is 37.3 Å². The van der Waals surface area contributed by atoms with E-state index in [2.05, 4.69) is 4.90 Å². The smallest absolute Gasteiger partial charge is 0.123 e. The molecule has 0 bridgehead atoms. The van der Waals surface area contributed by atoms with Gasteiger partial charge in [-0.05, 0) is 43.5 Å². The number of piperidine rings is 1. The highest BCUT2D eigenvalue weighted by molar-refractivity contribution is 5.27. The molecule has 2 unspecified atom stereocenters. The molecular weight excluding hydrogens is 217 g/mol. The van der Waals surface area contributed by atoms with Gasteiger partial charge in [0.05, 0.1) is 0 Å². The Morgan fingerprint density at radius 3 is 3.00 bits per heavy atom. The molecule has 2 fully saturated rings.